The highest BCUT2D eigenvalue weighted by Gasteiger charge is 2.08. The lowest BCUT2D eigenvalue weighted by molar-refractivity contribution is -0.145. The molecular weight excluding hydrogens is 298 g/mol. The average molecular weight is 348 g/mol. The molecular formula is C21H49NO2. The normalized spacial score (nSPS) is 10.5. The van der Waals surface area contributed by atoms with Crippen molar-refractivity contribution in [2.45, 2.75) is 100 Å². The Kier molecular flexibility index (Phi) is 35.5. The van der Waals surface area contributed by atoms with Crippen LogP contribution in [-0.2, 0) is 9.53 Å². The van der Waals surface area contributed by atoms with Crippen LogP contribution in [0.25, 0.3) is 0 Å². The molecule has 0 saturated carbocycles. The van der Waals surface area contributed by atoms with Gasteiger partial charge in [0.25, 0.3) is 0 Å². The molecule has 0 heterocycles. The predicted molar refractivity (Wildman–Crippen MR) is 111 cm³/mol. The van der Waals surface area contributed by atoms with Crippen molar-refractivity contribution in [3.8, 4) is 0 Å². The second-order valence-electron chi connectivity index (χ2n) is 6.01. The van der Waals surface area contributed by atoms with Gasteiger partial charge in [-0.15, -0.1) is 0 Å². The van der Waals surface area contributed by atoms with Crippen LogP contribution in [0.4, 0.5) is 0 Å². The summed E-state index contributed by atoms with van der Waals surface area (Å²) in [5.74, 6) is 0.526. The van der Waals surface area contributed by atoms with Gasteiger partial charge in [0.1, 0.15) is 0 Å². The van der Waals surface area contributed by atoms with Crippen LogP contribution in [0, 0.1) is 5.92 Å². The molecule has 0 aliphatic rings. The minimum atomic E-state index is -0.0394. The molecule has 0 spiro atoms. The Morgan fingerprint density at radius 3 is 1.83 bits per heavy atom. The highest BCUT2D eigenvalue weighted by Crippen LogP contribution is 2.13. The molecule has 24 heavy (non-hydrogen) atoms. The number of hydrogen-bond acceptors (Lipinski definition) is 3. The van der Waals surface area contributed by atoms with Crippen molar-refractivity contribution in [2.24, 2.45) is 5.92 Å². The Bertz CT molecular complexity index is 218. The summed E-state index contributed by atoms with van der Waals surface area (Å²) in [6.07, 6.45) is 8.83. The predicted octanol–water partition coefficient (Wildman–Crippen LogP) is 6.56. The van der Waals surface area contributed by atoms with Crippen LogP contribution in [0.15, 0.2) is 0 Å². The molecule has 0 aromatic heterocycles. The van der Waals surface area contributed by atoms with E-state index in [1.54, 1.807) is 0 Å². The van der Waals surface area contributed by atoms with Crippen LogP contribution >= 0.6 is 0 Å². The van der Waals surface area contributed by atoms with Crippen LogP contribution in [0.1, 0.15) is 100 Å². The highest BCUT2D eigenvalue weighted by atomic mass is 16.5. The average Bonchev–Trinajstić information content (AvgIpc) is 2.56. The van der Waals surface area contributed by atoms with Crippen molar-refractivity contribution >= 4 is 5.97 Å². The Balaban J connectivity index is -0.000000170. The summed E-state index contributed by atoms with van der Waals surface area (Å²) in [7, 11) is 4.21. The molecule has 0 aliphatic heterocycles. The summed E-state index contributed by atoms with van der Waals surface area (Å²) < 4.78 is 5.19. The fourth-order valence-corrected chi connectivity index (χ4v) is 1.86. The summed E-state index contributed by atoms with van der Waals surface area (Å²) in [6.45, 7) is 14.4. The van der Waals surface area contributed by atoms with Gasteiger partial charge in [-0.25, -0.2) is 0 Å². The minimum absolute atomic E-state index is 0. The highest BCUT2D eigenvalue weighted by molar-refractivity contribution is 5.69. The van der Waals surface area contributed by atoms with Crippen molar-refractivity contribution in [1.82, 2.24) is 4.90 Å². The van der Waals surface area contributed by atoms with Gasteiger partial charge in [-0.2, -0.15) is 0 Å². The summed E-state index contributed by atoms with van der Waals surface area (Å²) in [5, 5.41) is 0. The molecule has 0 aromatic carbocycles. The van der Waals surface area contributed by atoms with E-state index in [0.29, 0.717) is 18.9 Å². The van der Waals surface area contributed by atoms with Crippen molar-refractivity contribution in [2.75, 3.05) is 27.2 Å². The van der Waals surface area contributed by atoms with Crippen LogP contribution in [0.3, 0.4) is 0 Å². The zero-order valence-electron chi connectivity index (χ0n) is 17.4. The first-order valence-electron chi connectivity index (χ1n) is 9.81. The zero-order valence-corrected chi connectivity index (χ0v) is 17.4. The van der Waals surface area contributed by atoms with Crippen LogP contribution < -0.4 is 0 Å². The quantitative estimate of drug-likeness (QED) is 0.396. The van der Waals surface area contributed by atoms with Crippen molar-refractivity contribution in [3.05, 3.63) is 0 Å². The molecule has 150 valence electrons. The van der Waals surface area contributed by atoms with E-state index in [1.165, 1.54) is 38.6 Å². The number of carbonyl (C=O) groups excluding carboxylic acids is 1. The first kappa shape index (κ1) is 31.2. The summed E-state index contributed by atoms with van der Waals surface area (Å²) in [6, 6.07) is 0. The molecule has 0 rings (SSSR count). The van der Waals surface area contributed by atoms with Crippen molar-refractivity contribution in [1.29, 1.82) is 0 Å². The molecule has 0 aliphatic carbocycles. The SMILES string of the molecule is C.CC.CCCCC(CC)COC(=O)CCC.CCCCN(C)C. The maximum atomic E-state index is 11.1. The third-order valence-electron chi connectivity index (χ3n) is 3.44. The standard InChI is InChI=1S/C12H24O2.C6H15N.C2H6.CH4/c1-4-7-9-11(6-3)10-14-12(13)8-5-2;1-4-5-6-7(2)3;1-2;/h11H,4-10H2,1-3H3;4-6H2,1-3H3;1-2H3;1H4. The molecule has 0 amide bonds. The van der Waals surface area contributed by atoms with Gasteiger partial charge in [0.2, 0.25) is 0 Å². The van der Waals surface area contributed by atoms with E-state index in [9.17, 15) is 4.79 Å². The lowest BCUT2D eigenvalue weighted by atomic mass is 10.0. The third-order valence-corrected chi connectivity index (χ3v) is 3.44. The van der Waals surface area contributed by atoms with Gasteiger partial charge in [0, 0.05) is 6.42 Å². The van der Waals surface area contributed by atoms with Gasteiger partial charge in [-0.05, 0) is 45.8 Å². The zero-order chi connectivity index (χ0) is 18.5. The van der Waals surface area contributed by atoms with E-state index >= 15 is 0 Å². The van der Waals surface area contributed by atoms with Crippen LogP contribution in [-0.4, -0.2) is 38.1 Å². The Morgan fingerprint density at radius 1 is 0.958 bits per heavy atom. The Labute approximate surface area is 154 Å². The number of nitrogens with zero attached hydrogens (tertiary/aromatic N) is 1. The Hall–Kier alpha value is -0.570. The third kappa shape index (κ3) is 29.4. The van der Waals surface area contributed by atoms with Gasteiger partial charge in [0.05, 0.1) is 6.61 Å². The van der Waals surface area contributed by atoms with Crippen LogP contribution in [0.5, 0.6) is 0 Å². The minimum Gasteiger partial charge on any atom is -0.465 e. The molecule has 3 nitrogen and oxygen atoms in total. The first-order valence-corrected chi connectivity index (χ1v) is 9.81. The molecule has 0 radical (unpaired) electrons. The van der Waals surface area contributed by atoms with E-state index in [1.807, 2.05) is 20.8 Å². The molecule has 3 heteroatoms. The van der Waals surface area contributed by atoms with Crippen molar-refractivity contribution < 1.29 is 9.53 Å². The van der Waals surface area contributed by atoms with E-state index < -0.39 is 0 Å². The van der Waals surface area contributed by atoms with Gasteiger partial charge in [-0.1, -0.05) is 74.7 Å². The largest absolute Gasteiger partial charge is 0.465 e. The van der Waals surface area contributed by atoms with Crippen molar-refractivity contribution in [3.63, 3.8) is 0 Å². The number of hydrogen-bond donors (Lipinski definition) is 0. The molecule has 0 aromatic rings. The Morgan fingerprint density at radius 2 is 1.50 bits per heavy atom. The number of carbonyl (C=O) groups is 1. The van der Waals surface area contributed by atoms with E-state index in [2.05, 4.69) is 39.8 Å². The van der Waals surface area contributed by atoms with Crippen LogP contribution in [0.2, 0.25) is 0 Å². The number of ether oxygens (including phenoxy) is 1. The molecule has 0 saturated heterocycles. The number of unbranched alkanes of at least 4 members (excludes halogenated alkanes) is 2. The summed E-state index contributed by atoms with van der Waals surface area (Å²) in [5.41, 5.74) is 0. The smallest absolute Gasteiger partial charge is 0.305 e. The fourth-order valence-electron chi connectivity index (χ4n) is 1.86. The molecule has 1 atom stereocenters. The summed E-state index contributed by atoms with van der Waals surface area (Å²) in [4.78, 5) is 13.3. The number of rotatable bonds is 11. The van der Waals surface area contributed by atoms with Gasteiger partial charge in [-0.3, -0.25) is 4.79 Å². The maximum absolute atomic E-state index is 11.1. The lowest BCUT2D eigenvalue weighted by Gasteiger charge is -2.14. The van der Waals surface area contributed by atoms with Gasteiger partial charge in [0.15, 0.2) is 0 Å². The van der Waals surface area contributed by atoms with Gasteiger partial charge >= 0.3 is 5.97 Å². The molecule has 0 bridgehead atoms. The first-order chi connectivity index (χ1) is 11.0. The second-order valence-corrected chi connectivity index (χ2v) is 6.01. The monoisotopic (exact) mass is 347 g/mol. The lowest BCUT2D eigenvalue weighted by Crippen LogP contribution is -2.13. The second kappa shape index (κ2) is 27.3. The topological polar surface area (TPSA) is 29.5 Å². The van der Waals surface area contributed by atoms with E-state index in [4.69, 9.17) is 4.74 Å². The summed E-state index contributed by atoms with van der Waals surface area (Å²) >= 11 is 0. The van der Waals surface area contributed by atoms with E-state index in [-0.39, 0.29) is 13.4 Å². The number of esters is 1. The fraction of sp³-hybridized carbons (Fsp3) is 0.952. The maximum Gasteiger partial charge on any atom is 0.305 e. The van der Waals surface area contributed by atoms with E-state index in [0.717, 1.165) is 12.8 Å². The molecule has 0 fully saturated rings. The molecule has 1 unspecified atom stereocenters. The molecule has 0 N–H and O–H groups in total. The van der Waals surface area contributed by atoms with Gasteiger partial charge < -0.3 is 9.64 Å².